The Balaban J connectivity index is 2.22. The van der Waals surface area contributed by atoms with E-state index in [1.165, 1.54) is 0 Å². The molecular formula is C16H28N2O3. The average molecular weight is 296 g/mol. The van der Waals surface area contributed by atoms with Crippen LogP contribution in [0.25, 0.3) is 0 Å². The Morgan fingerprint density at radius 1 is 1.19 bits per heavy atom. The fourth-order valence-corrected chi connectivity index (χ4v) is 3.61. The van der Waals surface area contributed by atoms with Gasteiger partial charge in [0, 0.05) is 20.2 Å². The van der Waals surface area contributed by atoms with Crippen molar-refractivity contribution in [3.05, 3.63) is 0 Å². The van der Waals surface area contributed by atoms with Crippen molar-refractivity contribution in [2.45, 2.75) is 52.1 Å². The lowest BCUT2D eigenvalue weighted by Gasteiger charge is -2.48. The van der Waals surface area contributed by atoms with Crippen LogP contribution in [0.3, 0.4) is 0 Å². The molecule has 2 heterocycles. The number of fused-ring (bicyclic) bond motifs is 1. The van der Waals surface area contributed by atoms with E-state index in [2.05, 4.69) is 6.92 Å². The standard InChI is InChI=1S/C16H28N2O3/c1-11(2)14-16(20)17-8-6-5-7-13(17)15(19)18(14)9-12(3)10-21-4/h11-14H,5-10H2,1-4H3. The van der Waals surface area contributed by atoms with Crippen LogP contribution in [-0.2, 0) is 14.3 Å². The molecule has 21 heavy (non-hydrogen) atoms. The van der Waals surface area contributed by atoms with Crippen LogP contribution in [0.15, 0.2) is 0 Å². The maximum absolute atomic E-state index is 12.9. The van der Waals surface area contributed by atoms with Crippen LogP contribution in [0.1, 0.15) is 40.0 Å². The molecule has 0 N–H and O–H groups in total. The molecule has 0 radical (unpaired) electrons. The van der Waals surface area contributed by atoms with E-state index < -0.39 is 0 Å². The van der Waals surface area contributed by atoms with Crippen molar-refractivity contribution in [3.8, 4) is 0 Å². The Morgan fingerprint density at radius 3 is 2.52 bits per heavy atom. The molecule has 2 fully saturated rings. The van der Waals surface area contributed by atoms with Crippen molar-refractivity contribution >= 4 is 11.8 Å². The molecule has 5 heteroatoms. The third-order valence-electron chi connectivity index (χ3n) is 4.53. The van der Waals surface area contributed by atoms with Crippen LogP contribution in [-0.4, -0.2) is 60.5 Å². The quantitative estimate of drug-likeness (QED) is 0.773. The number of piperidine rings is 1. The zero-order valence-electron chi connectivity index (χ0n) is 13.7. The molecule has 120 valence electrons. The fourth-order valence-electron chi connectivity index (χ4n) is 3.61. The fraction of sp³-hybridized carbons (Fsp3) is 0.875. The molecule has 0 aromatic rings. The Labute approximate surface area is 127 Å². The first-order valence-corrected chi connectivity index (χ1v) is 8.07. The molecule has 2 aliphatic rings. The molecule has 2 rings (SSSR count). The van der Waals surface area contributed by atoms with Gasteiger partial charge in [-0.1, -0.05) is 20.8 Å². The van der Waals surface area contributed by atoms with Gasteiger partial charge in [-0.15, -0.1) is 0 Å². The van der Waals surface area contributed by atoms with Gasteiger partial charge in [0.2, 0.25) is 11.8 Å². The highest BCUT2D eigenvalue weighted by molar-refractivity contribution is 5.97. The minimum atomic E-state index is -0.314. The predicted octanol–water partition coefficient (Wildman–Crippen LogP) is 1.52. The maximum Gasteiger partial charge on any atom is 0.246 e. The summed E-state index contributed by atoms with van der Waals surface area (Å²) in [6.45, 7) is 8.05. The second-order valence-electron chi connectivity index (χ2n) is 6.78. The normalized spacial score (nSPS) is 28.0. The number of hydrogen-bond donors (Lipinski definition) is 0. The Kier molecular flexibility index (Phi) is 5.25. The van der Waals surface area contributed by atoms with Gasteiger partial charge in [0.1, 0.15) is 12.1 Å². The van der Waals surface area contributed by atoms with Crippen molar-refractivity contribution in [2.75, 3.05) is 26.8 Å². The molecule has 3 atom stereocenters. The molecule has 0 aromatic carbocycles. The Morgan fingerprint density at radius 2 is 1.90 bits per heavy atom. The maximum atomic E-state index is 12.9. The average Bonchev–Trinajstić information content (AvgIpc) is 2.44. The van der Waals surface area contributed by atoms with Crippen molar-refractivity contribution in [3.63, 3.8) is 0 Å². The van der Waals surface area contributed by atoms with E-state index in [-0.39, 0.29) is 35.7 Å². The first-order chi connectivity index (χ1) is 9.97. The minimum Gasteiger partial charge on any atom is -0.384 e. The lowest BCUT2D eigenvalue weighted by Crippen LogP contribution is -2.67. The van der Waals surface area contributed by atoms with E-state index in [9.17, 15) is 9.59 Å². The molecule has 2 saturated heterocycles. The number of methoxy groups -OCH3 is 1. The first-order valence-electron chi connectivity index (χ1n) is 8.07. The molecule has 0 spiro atoms. The smallest absolute Gasteiger partial charge is 0.246 e. The summed E-state index contributed by atoms with van der Waals surface area (Å²) in [5.74, 6) is 0.650. The summed E-state index contributed by atoms with van der Waals surface area (Å²) in [6.07, 6.45) is 2.86. The molecule has 0 bridgehead atoms. The van der Waals surface area contributed by atoms with Gasteiger partial charge in [0.25, 0.3) is 0 Å². The largest absolute Gasteiger partial charge is 0.384 e. The van der Waals surface area contributed by atoms with Gasteiger partial charge in [-0.25, -0.2) is 0 Å². The van der Waals surface area contributed by atoms with Gasteiger partial charge < -0.3 is 14.5 Å². The molecule has 5 nitrogen and oxygen atoms in total. The summed E-state index contributed by atoms with van der Waals surface area (Å²) in [7, 11) is 1.67. The zero-order chi connectivity index (χ0) is 15.6. The second-order valence-corrected chi connectivity index (χ2v) is 6.78. The number of nitrogens with zero attached hydrogens (tertiary/aromatic N) is 2. The number of amides is 2. The summed E-state index contributed by atoms with van der Waals surface area (Å²) < 4.78 is 5.18. The molecular weight excluding hydrogens is 268 g/mol. The summed E-state index contributed by atoms with van der Waals surface area (Å²) in [5, 5.41) is 0. The van der Waals surface area contributed by atoms with Crippen LogP contribution in [0.5, 0.6) is 0 Å². The summed E-state index contributed by atoms with van der Waals surface area (Å²) in [5.41, 5.74) is 0. The van der Waals surface area contributed by atoms with Crippen LogP contribution in [0.2, 0.25) is 0 Å². The van der Waals surface area contributed by atoms with Crippen molar-refractivity contribution in [1.82, 2.24) is 9.80 Å². The van der Waals surface area contributed by atoms with Gasteiger partial charge >= 0.3 is 0 Å². The second kappa shape index (κ2) is 6.77. The molecule has 2 amide bonds. The number of carbonyl (C=O) groups excluding carboxylic acids is 2. The predicted molar refractivity (Wildman–Crippen MR) is 80.7 cm³/mol. The van der Waals surface area contributed by atoms with Gasteiger partial charge in [-0.2, -0.15) is 0 Å². The number of hydrogen-bond acceptors (Lipinski definition) is 3. The number of carbonyl (C=O) groups is 2. The van der Waals surface area contributed by atoms with Crippen molar-refractivity contribution < 1.29 is 14.3 Å². The number of piperazine rings is 1. The Bertz CT molecular complexity index is 397. The van der Waals surface area contributed by atoms with Gasteiger partial charge in [0.15, 0.2) is 0 Å². The van der Waals surface area contributed by atoms with Crippen LogP contribution >= 0.6 is 0 Å². The molecule has 2 aliphatic heterocycles. The van der Waals surface area contributed by atoms with E-state index in [1.54, 1.807) is 7.11 Å². The Hall–Kier alpha value is -1.10. The summed E-state index contributed by atoms with van der Waals surface area (Å²) in [4.78, 5) is 29.3. The van der Waals surface area contributed by atoms with Gasteiger partial charge in [0.05, 0.1) is 6.61 Å². The third-order valence-corrected chi connectivity index (χ3v) is 4.53. The number of rotatable bonds is 5. The van der Waals surface area contributed by atoms with E-state index >= 15 is 0 Å². The molecule has 0 saturated carbocycles. The van der Waals surface area contributed by atoms with Crippen LogP contribution in [0.4, 0.5) is 0 Å². The van der Waals surface area contributed by atoms with Gasteiger partial charge in [-0.05, 0) is 31.1 Å². The zero-order valence-corrected chi connectivity index (χ0v) is 13.7. The van der Waals surface area contributed by atoms with Crippen LogP contribution in [0, 0.1) is 11.8 Å². The van der Waals surface area contributed by atoms with E-state index in [0.717, 1.165) is 25.8 Å². The lowest BCUT2D eigenvalue weighted by atomic mass is 9.90. The van der Waals surface area contributed by atoms with Crippen molar-refractivity contribution in [1.29, 1.82) is 0 Å². The highest BCUT2D eigenvalue weighted by Gasteiger charge is 2.47. The van der Waals surface area contributed by atoms with E-state index in [1.807, 2.05) is 23.6 Å². The highest BCUT2D eigenvalue weighted by Crippen LogP contribution is 2.29. The topological polar surface area (TPSA) is 49.9 Å². The third kappa shape index (κ3) is 3.23. The van der Waals surface area contributed by atoms with Crippen LogP contribution < -0.4 is 0 Å². The SMILES string of the molecule is COCC(C)CN1C(=O)C2CCCCN2C(=O)C1C(C)C. The van der Waals surface area contributed by atoms with Gasteiger partial charge in [-0.3, -0.25) is 9.59 Å². The molecule has 0 aliphatic carbocycles. The summed E-state index contributed by atoms with van der Waals surface area (Å²) >= 11 is 0. The molecule has 3 unspecified atom stereocenters. The lowest BCUT2D eigenvalue weighted by molar-refractivity contribution is -0.166. The first kappa shape index (κ1) is 16.3. The summed E-state index contributed by atoms with van der Waals surface area (Å²) in [6, 6.07) is -0.540. The number of ether oxygens (including phenoxy) is 1. The van der Waals surface area contributed by atoms with E-state index in [4.69, 9.17) is 4.74 Å². The highest BCUT2D eigenvalue weighted by atomic mass is 16.5. The monoisotopic (exact) mass is 296 g/mol. The molecule has 0 aromatic heterocycles. The van der Waals surface area contributed by atoms with E-state index in [0.29, 0.717) is 13.2 Å². The van der Waals surface area contributed by atoms with Crippen molar-refractivity contribution in [2.24, 2.45) is 11.8 Å². The minimum absolute atomic E-state index is 0.135.